The summed E-state index contributed by atoms with van der Waals surface area (Å²) in [5.74, 6) is 2.70. The fourth-order valence-electron chi connectivity index (χ4n) is 3.71. The van der Waals surface area contributed by atoms with E-state index in [4.69, 9.17) is 0 Å². The molecule has 0 rings (SSSR count). The van der Waals surface area contributed by atoms with Gasteiger partial charge in [-0.1, -0.05) is 0 Å². The predicted octanol–water partition coefficient (Wildman–Crippen LogP) is 5.50. The summed E-state index contributed by atoms with van der Waals surface area (Å²) in [6.45, 7) is 16.9. The van der Waals surface area contributed by atoms with Crippen molar-refractivity contribution in [3.63, 3.8) is 0 Å². The molecule has 0 saturated heterocycles. The van der Waals surface area contributed by atoms with Crippen LogP contribution in [0.3, 0.4) is 0 Å². The third-order valence-electron chi connectivity index (χ3n) is 3.58. The normalized spacial score (nSPS) is 14.0. The van der Waals surface area contributed by atoms with Crippen molar-refractivity contribution in [1.82, 2.24) is 0 Å². The first kappa shape index (κ1) is 17.4. The molecule has 0 aromatic rings. The van der Waals surface area contributed by atoms with Gasteiger partial charge >= 0.3 is 111 Å². The van der Waals surface area contributed by atoms with E-state index in [1.165, 1.54) is 12.8 Å². The SMILES string of the molecule is CCCC[PH](CC(C)C)(CC(C)C)CC(C)C. The van der Waals surface area contributed by atoms with E-state index in [9.17, 15) is 0 Å². The number of rotatable bonds is 9. The standard InChI is InChI=1S/C16H37P/c1-8-9-10-17(11-14(2)3,12-15(4)5)13-16(6)7/h14-17H,8-13H2,1-7H3. The van der Waals surface area contributed by atoms with Crippen molar-refractivity contribution in [3.8, 4) is 0 Å². The Morgan fingerprint density at radius 3 is 1.29 bits per heavy atom. The quantitative estimate of drug-likeness (QED) is 0.480. The van der Waals surface area contributed by atoms with Gasteiger partial charge in [-0.15, -0.1) is 0 Å². The van der Waals surface area contributed by atoms with Crippen LogP contribution in [0.25, 0.3) is 0 Å². The van der Waals surface area contributed by atoms with Crippen molar-refractivity contribution in [2.75, 3.05) is 24.6 Å². The van der Waals surface area contributed by atoms with Gasteiger partial charge < -0.3 is 0 Å². The van der Waals surface area contributed by atoms with E-state index >= 15 is 0 Å². The summed E-state index contributed by atoms with van der Waals surface area (Å²) in [4.78, 5) is 0. The molecule has 0 aliphatic rings. The van der Waals surface area contributed by atoms with Gasteiger partial charge in [0.15, 0.2) is 0 Å². The van der Waals surface area contributed by atoms with Gasteiger partial charge in [0.2, 0.25) is 0 Å². The van der Waals surface area contributed by atoms with E-state index in [2.05, 4.69) is 48.5 Å². The Morgan fingerprint density at radius 1 is 0.706 bits per heavy atom. The molecule has 0 saturated carbocycles. The summed E-state index contributed by atoms with van der Waals surface area (Å²) in [7, 11) is -1.01. The molecule has 0 spiro atoms. The molecule has 0 radical (unpaired) electrons. The average Bonchev–Trinajstić information content (AvgIpc) is 2.11. The second kappa shape index (κ2) is 8.52. The van der Waals surface area contributed by atoms with Crippen molar-refractivity contribution in [1.29, 1.82) is 0 Å². The summed E-state index contributed by atoms with van der Waals surface area (Å²) < 4.78 is 0. The van der Waals surface area contributed by atoms with E-state index in [0.717, 1.165) is 17.8 Å². The van der Waals surface area contributed by atoms with Crippen molar-refractivity contribution in [2.24, 2.45) is 17.8 Å². The molecule has 106 valence electrons. The van der Waals surface area contributed by atoms with Crippen LogP contribution in [-0.4, -0.2) is 24.6 Å². The fraction of sp³-hybridized carbons (Fsp3) is 1.00. The number of hydrogen-bond acceptors (Lipinski definition) is 0. The van der Waals surface area contributed by atoms with Crippen LogP contribution in [0.4, 0.5) is 0 Å². The van der Waals surface area contributed by atoms with Crippen LogP contribution < -0.4 is 0 Å². The van der Waals surface area contributed by atoms with Crippen LogP contribution in [0.2, 0.25) is 0 Å². The zero-order valence-electron chi connectivity index (χ0n) is 13.5. The minimum absolute atomic E-state index is 0.899. The van der Waals surface area contributed by atoms with Crippen molar-refractivity contribution < 1.29 is 0 Å². The molecule has 0 aromatic carbocycles. The fourth-order valence-corrected chi connectivity index (χ4v) is 11.1. The van der Waals surface area contributed by atoms with Gasteiger partial charge in [0.1, 0.15) is 0 Å². The molecule has 0 heterocycles. The van der Waals surface area contributed by atoms with Crippen LogP contribution >= 0.6 is 7.26 Å². The molecule has 0 aromatic heterocycles. The molecule has 0 fully saturated rings. The van der Waals surface area contributed by atoms with Gasteiger partial charge in [-0.3, -0.25) is 0 Å². The second-order valence-corrected chi connectivity index (χ2v) is 12.1. The first-order chi connectivity index (χ1) is 7.81. The minimum atomic E-state index is -1.01. The second-order valence-electron chi connectivity index (χ2n) is 7.40. The van der Waals surface area contributed by atoms with Crippen LogP contribution in [0.15, 0.2) is 0 Å². The molecular formula is C16H37P. The Hall–Kier alpha value is 0.430. The zero-order valence-corrected chi connectivity index (χ0v) is 14.5. The van der Waals surface area contributed by atoms with E-state index in [1.54, 1.807) is 24.6 Å². The summed E-state index contributed by atoms with van der Waals surface area (Å²) >= 11 is 0. The van der Waals surface area contributed by atoms with E-state index in [1.807, 2.05) is 0 Å². The molecule has 17 heavy (non-hydrogen) atoms. The molecule has 0 N–H and O–H groups in total. The van der Waals surface area contributed by atoms with Gasteiger partial charge in [0, 0.05) is 0 Å². The van der Waals surface area contributed by atoms with Crippen molar-refractivity contribution in [3.05, 3.63) is 0 Å². The van der Waals surface area contributed by atoms with Crippen LogP contribution in [0.5, 0.6) is 0 Å². The third kappa shape index (κ3) is 8.20. The molecular weight excluding hydrogens is 223 g/mol. The summed E-state index contributed by atoms with van der Waals surface area (Å²) in [5.41, 5.74) is 0. The van der Waals surface area contributed by atoms with Gasteiger partial charge in [0.25, 0.3) is 0 Å². The molecule has 0 aliphatic carbocycles. The van der Waals surface area contributed by atoms with Crippen LogP contribution in [0.1, 0.15) is 61.3 Å². The summed E-state index contributed by atoms with van der Waals surface area (Å²) in [6, 6.07) is 0. The molecule has 0 amide bonds. The van der Waals surface area contributed by atoms with Crippen LogP contribution in [-0.2, 0) is 0 Å². The van der Waals surface area contributed by atoms with Gasteiger partial charge in [0.05, 0.1) is 0 Å². The van der Waals surface area contributed by atoms with Gasteiger partial charge in [-0.05, 0) is 0 Å². The first-order valence-electron chi connectivity index (χ1n) is 7.81. The zero-order chi connectivity index (χ0) is 13.5. The van der Waals surface area contributed by atoms with Crippen molar-refractivity contribution in [2.45, 2.75) is 61.3 Å². The Labute approximate surface area is 111 Å². The van der Waals surface area contributed by atoms with Crippen molar-refractivity contribution >= 4 is 7.26 Å². The Morgan fingerprint density at radius 2 is 1.06 bits per heavy atom. The van der Waals surface area contributed by atoms with E-state index < -0.39 is 7.26 Å². The summed E-state index contributed by atoms with van der Waals surface area (Å²) in [6.07, 6.45) is 9.11. The van der Waals surface area contributed by atoms with E-state index in [-0.39, 0.29) is 0 Å². The Balaban J connectivity index is 4.76. The monoisotopic (exact) mass is 260 g/mol. The predicted molar refractivity (Wildman–Crippen MR) is 87.2 cm³/mol. The maximum atomic E-state index is 2.42. The van der Waals surface area contributed by atoms with E-state index in [0.29, 0.717) is 0 Å². The Bertz CT molecular complexity index is 155. The first-order valence-corrected chi connectivity index (χ1v) is 10.6. The third-order valence-corrected chi connectivity index (χ3v) is 10.0. The molecule has 0 bridgehead atoms. The Kier molecular flexibility index (Phi) is 8.73. The van der Waals surface area contributed by atoms with Crippen LogP contribution in [0, 0.1) is 17.8 Å². The van der Waals surface area contributed by atoms with Gasteiger partial charge in [-0.25, -0.2) is 0 Å². The molecule has 1 heteroatoms. The average molecular weight is 260 g/mol. The molecule has 0 unspecified atom stereocenters. The number of hydrogen-bond donors (Lipinski definition) is 0. The molecule has 0 aliphatic heterocycles. The topological polar surface area (TPSA) is 0 Å². The number of unbranched alkanes of at least 4 members (excludes halogenated alkanes) is 1. The summed E-state index contributed by atoms with van der Waals surface area (Å²) in [5, 5.41) is 0. The molecule has 0 nitrogen and oxygen atoms in total. The van der Waals surface area contributed by atoms with Gasteiger partial charge in [-0.2, -0.15) is 0 Å². The maximum absolute atomic E-state index is 2.42. The molecule has 0 atom stereocenters.